The van der Waals surface area contributed by atoms with Gasteiger partial charge in [0, 0.05) is 34.2 Å². The molecule has 0 saturated carbocycles. The Bertz CT molecular complexity index is 876. The maximum atomic E-state index is 12.2. The van der Waals surface area contributed by atoms with Crippen LogP contribution in [0, 0.1) is 10.1 Å². The monoisotopic (exact) mass is 420 g/mol. The summed E-state index contributed by atoms with van der Waals surface area (Å²) in [5.41, 5.74) is 0.452. The van der Waals surface area contributed by atoms with Gasteiger partial charge in [-0.3, -0.25) is 10.1 Å². The summed E-state index contributed by atoms with van der Waals surface area (Å²) in [7, 11) is -3.94. The van der Waals surface area contributed by atoms with Crippen molar-refractivity contribution >= 4 is 50.7 Å². The summed E-state index contributed by atoms with van der Waals surface area (Å²) < 4.78 is 26.8. The van der Waals surface area contributed by atoms with Crippen molar-refractivity contribution in [2.75, 3.05) is 12.3 Å². The molecule has 1 N–H and O–H groups in total. The van der Waals surface area contributed by atoms with Gasteiger partial charge >= 0.3 is 0 Å². The second kappa shape index (κ2) is 8.86. The van der Waals surface area contributed by atoms with Crippen molar-refractivity contribution in [1.82, 2.24) is 4.72 Å². The molecule has 0 unspecified atom stereocenters. The van der Waals surface area contributed by atoms with Crippen molar-refractivity contribution in [2.24, 2.45) is 0 Å². The number of halogens is 2. The Balaban J connectivity index is 1.90. The van der Waals surface area contributed by atoms with E-state index in [0.717, 1.165) is 11.6 Å². The number of sulfonamides is 1. The van der Waals surface area contributed by atoms with Gasteiger partial charge in [0.1, 0.15) is 0 Å². The van der Waals surface area contributed by atoms with Crippen LogP contribution in [0.4, 0.5) is 5.69 Å². The van der Waals surface area contributed by atoms with Crippen LogP contribution in [-0.2, 0) is 15.8 Å². The summed E-state index contributed by atoms with van der Waals surface area (Å²) in [6.45, 7) is 0.143. The number of benzene rings is 2. The van der Waals surface area contributed by atoms with Crippen LogP contribution in [0.5, 0.6) is 0 Å². The van der Waals surface area contributed by atoms with Gasteiger partial charge in [-0.1, -0.05) is 41.4 Å². The quantitative estimate of drug-likeness (QED) is 0.394. The summed E-state index contributed by atoms with van der Waals surface area (Å²) in [5.74, 6) is 1.09. The van der Waals surface area contributed by atoms with Gasteiger partial charge in [-0.25, -0.2) is 13.1 Å². The average Bonchev–Trinajstić information content (AvgIpc) is 2.56. The fourth-order valence-electron chi connectivity index (χ4n) is 1.98. The fraction of sp³-hybridized carbons (Fsp3) is 0.200. The van der Waals surface area contributed by atoms with Crippen LogP contribution < -0.4 is 4.72 Å². The van der Waals surface area contributed by atoms with E-state index >= 15 is 0 Å². The Morgan fingerprint density at radius 1 is 1.16 bits per heavy atom. The molecule has 2 aromatic rings. The zero-order valence-electron chi connectivity index (χ0n) is 12.8. The first-order chi connectivity index (χ1) is 11.8. The number of rotatable bonds is 8. The number of nitrogens with one attached hydrogen (secondary N) is 1. The summed E-state index contributed by atoms with van der Waals surface area (Å²) >= 11 is 13.4. The van der Waals surface area contributed by atoms with Crippen molar-refractivity contribution in [3.8, 4) is 0 Å². The molecule has 0 aliphatic carbocycles. The number of hydrogen-bond acceptors (Lipinski definition) is 5. The summed E-state index contributed by atoms with van der Waals surface area (Å²) in [4.78, 5) is 9.89. The van der Waals surface area contributed by atoms with Gasteiger partial charge in [-0.05, 0) is 23.8 Å². The lowest BCUT2D eigenvalue weighted by atomic mass is 10.2. The lowest BCUT2D eigenvalue weighted by molar-refractivity contribution is -0.387. The van der Waals surface area contributed by atoms with Gasteiger partial charge in [0.2, 0.25) is 10.0 Å². The highest BCUT2D eigenvalue weighted by molar-refractivity contribution is 7.98. The second-order valence-corrected chi connectivity index (χ2v) is 8.60. The third-order valence-electron chi connectivity index (χ3n) is 3.16. The molecule has 0 radical (unpaired) electrons. The molecule has 134 valence electrons. The first-order valence-corrected chi connectivity index (χ1v) is 10.5. The van der Waals surface area contributed by atoms with Crippen LogP contribution in [0.2, 0.25) is 10.0 Å². The predicted molar refractivity (Wildman–Crippen MR) is 101 cm³/mol. The van der Waals surface area contributed by atoms with Gasteiger partial charge in [-0.15, -0.1) is 0 Å². The molecular formula is C15H14Cl2N2O4S2. The average molecular weight is 421 g/mol. The van der Waals surface area contributed by atoms with Gasteiger partial charge in [0.15, 0.2) is 4.90 Å². The Morgan fingerprint density at radius 2 is 1.88 bits per heavy atom. The van der Waals surface area contributed by atoms with Crippen LogP contribution >= 0.6 is 35.0 Å². The smallest absolute Gasteiger partial charge is 0.258 e. The topological polar surface area (TPSA) is 89.3 Å². The summed E-state index contributed by atoms with van der Waals surface area (Å²) in [6, 6.07) is 10.4. The van der Waals surface area contributed by atoms with Crippen LogP contribution in [0.25, 0.3) is 0 Å². The first kappa shape index (κ1) is 20.0. The Hall–Kier alpha value is -1.32. The molecule has 0 aromatic heterocycles. The highest BCUT2D eigenvalue weighted by Gasteiger charge is 2.24. The zero-order valence-corrected chi connectivity index (χ0v) is 16.0. The molecule has 0 spiro atoms. The van der Waals surface area contributed by atoms with E-state index in [-0.39, 0.29) is 11.4 Å². The van der Waals surface area contributed by atoms with E-state index in [0.29, 0.717) is 21.6 Å². The molecule has 10 heteroatoms. The van der Waals surface area contributed by atoms with Crippen molar-refractivity contribution in [3.05, 3.63) is 68.2 Å². The number of nitro groups is 1. The minimum Gasteiger partial charge on any atom is -0.258 e. The number of para-hydroxylation sites is 1. The molecule has 0 amide bonds. The lowest BCUT2D eigenvalue weighted by Crippen LogP contribution is -2.26. The van der Waals surface area contributed by atoms with Gasteiger partial charge in [0.05, 0.1) is 4.92 Å². The second-order valence-electron chi connectivity index (χ2n) is 4.91. The maximum absolute atomic E-state index is 12.2. The van der Waals surface area contributed by atoms with E-state index in [9.17, 15) is 18.5 Å². The van der Waals surface area contributed by atoms with E-state index in [1.165, 1.54) is 30.0 Å². The SMILES string of the molecule is O=[N+]([O-])c1ccccc1S(=O)(=O)NCCSCc1ccc(Cl)cc1Cl. The van der Waals surface area contributed by atoms with E-state index in [1.54, 1.807) is 12.1 Å². The standard InChI is InChI=1S/C15H14Cl2N2O4S2/c16-12-6-5-11(13(17)9-12)10-24-8-7-18-25(22,23)15-4-2-1-3-14(15)19(20)21/h1-6,9,18H,7-8,10H2. The molecule has 0 bridgehead atoms. The molecule has 0 atom stereocenters. The van der Waals surface area contributed by atoms with Crippen molar-refractivity contribution in [3.63, 3.8) is 0 Å². The predicted octanol–water partition coefficient (Wildman–Crippen LogP) is 4.11. The molecule has 6 nitrogen and oxygen atoms in total. The number of nitrogens with zero attached hydrogens (tertiary/aromatic N) is 1. The molecular weight excluding hydrogens is 407 g/mol. The van der Waals surface area contributed by atoms with Crippen molar-refractivity contribution in [1.29, 1.82) is 0 Å². The minimum atomic E-state index is -3.94. The number of thioether (sulfide) groups is 1. The summed E-state index contributed by atoms with van der Waals surface area (Å²) in [5, 5.41) is 12.1. The molecule has 0 heterocycles. The van der Waals surface area contributed by atoms with E-state index < -0.39 is 20.6 Å². The maximum Gasteiger partial charge on any atom is 0.289 e. The van der Waals surface area contributed by atoms with Crippen LogP contribution in [0.3, 0.4) is 0 Å². The molecule has 2 aromatic carbocycles. The molecule has 0 aliphatic heterocycles. The van der Waals surface area contributed by atoms with Gasteiger partial charge in [-0.2, -0.15) is 11.8 Å². The third kappa shape index (κ3) is 5.58. The van der Waals surface area contributed by atoms with E-state index in [1.807, 2.05) is 6.07 Å². The van der Waals surface area contributed by atoms with Crippen LogP contribution in [0.15, 0.2) is 47.4 Å². The first-order valence-electron chi connectivity index (χ1n) is 7.06. The molecule has 25 heavy (non-hydrogen) atoms. The molecule has 2 rings (SSSR count). The number of hydrogen-bond donors (Lipinski definition) is 1. The van der Waals surface area contributed by atoms with E-state index in [4.69, 9.17) is 23.2 Å². The Kier molecular flexibility index (Phi) is 7.09. The fourth-order valence-corrected chi connectivity index (χ4v) is 4.73. The Morgan fingerprint density at radius 3 is 2.56 bits per heavy atom. The molecule has 0 saturated heterocycles. The molecule has 0 aliphatic rings. The molecule has 0 fully saturated rings. The van der Waals surface area contributed by atoms with Crippen molar-refractivity contribution < 1.29 is 13.3 Å². The van der Waals surface area contributed by atoms with Gasteiger partial charge in [0.25, 0.3) is 5.69 Å². The summed E-state index contributed by atoms with van der Waals surface area (Å²) in [6.07, 6.45) is 0. The zero-order chi connectivity index (χ0) is 18.4. The largest absolute Gasteiger partial charge is 0.289 e. The third-order valence-corrected chi connectivity index (χ3v) is 6.27. The van der Waals surface area contributed by atoms with Crippen LogP contribution in [-0.4, -0.2) is 25.6 Å². The Labute approximate surface area is 159 Å². The highest BCUT2D eigenvalue weighted by atomic mass is 35.5. The lowest BCUT2D eigenvalue weighted by Gasteiger charge is -2.08. The minimum absolute atomic E-state index is 0.143. The van der Waals surface area contributed by atoms with Crippen LogP contribution in [0.1, 0.15) is 5.56 Å². The normalized spacial score (nSPS) is 11.4. The van der Waals surface area contributed by atoms with Crippen molar-refractivity contribution in [2.45, 2.75) is 10.6 Å². The van der Waals surface area contributed by atoms with E-state index in [2.05, 4.69) is 4.72 Å². The van der Waals surface area contributed by atoms with Gasteiger partial charge < -0.3 is 0 Å². The highest BCUT2D eigenvalue weighted by Crippen LogP contribution is 2.25. The number of nitro benzene ring substituents is 1.